The fraction of sp³-hybridized carbons (Fsp3) is 0.121. The van der Waals surface area contributed by atoms with Crippen molar-refractivity contribution in [2.45, 2.75) is 26.8 Å². The van der Waals surface area contributed by atoms with Crippen LogP contribution in [0.4, 0.5) is 0 Å². The molecule has 3 N–H and O–H groups in total. The van der Waals surface area contributed by atoms with E-state index in [2.05, 4.69) is 22.9 Å². The number of carboxylic acid groups (broad SMARTS) is 1. The fourth-order valence-corrected chi connectivity index (χ4v) is 5.28. The summed E-state index contributed by atoms with van der Waals surface area (Å²) >= 11 is 0. The van der Waals surface area contributed by atoms with Crippen LogP contribution in [0.3, 0.4) is 0 Å². The standard InChI is InChI=1S/C33H29N3O3/c1-20-17-24(12-14-26(20)33(38)39)28-19-36(30-18-25(13-15-27(28)30)31(21(2)34)22(3)37)32(23-9-5-4-6-10-23)29-11-7-8-16-35-29/h4-19,32H,34H2,1-3H3,(H,38,39)/b31-21+. The van der Waals surface area contributed by atoms with Gasteiger partial charge in [-0.25, -0.2) is 4.79 Å². The molecule has 3 aromatic carbocycles. The molecule has 1 unspecified atom stereocenters. The zero-order chi connectivity index (χ0) is 27.7. The van der Waals surface area contributed by atoms with Crippen LogP contribution in [0.2, 0.25) is 0 Å². The fourth-order valence-electron chi connectivity index (χ4n) is 5.28. The number of carbonyl (C=O) groups is 2. The molecule has 0 aliphatic rings. The van der Waals surface area contributed by atoms with Gasteiger partial charge in [-0.1, -0.05) is 60.7 Å². The van der Waals surface area contributed by atoms with Gasteiger partial charge in [-0.2, -0.15) is 0 Å². The van der Waals surface area contributed by atoms with Crippen LogP contribution in [-0.4, -0.2) is 26.4 Å². The Morgan fingerprint density at radius 1 is 0.923 bits per heavy atom. The summed E-state index contributed by atoms with van der Waals surface area (Å²) in [6.45, 7) is 5.06. The van der Waals surface area contributed by atoms with Gasteiger partial charge in [0, 0.05) is 34.6 Å². The molecular formula is C33H29N3O3. The van der Waals surface area contributed by atoms with E-state index < -0.39 is 5.97 Å². The Morgan fingerprint density at radius 2 is 1.67 bits per heavy atom. The highest BCUT2D eigenvalue weighted by atomic mass is 16.4. The number of aromatic carboxylic acids is 1. The molecule has 2 heterocycles. The number of aryl methyl sites for hydroxylation is 1. The number of Topliss-reactive ketones (excluding diaryl/α,β-unsaturated/α-hetero) is 1. The quantitative estimate of drug-likeness (QED) is 0.237. The first-order valence-electron chi connectivity index (χ1n) is 12.7. The SMILES string of the molecule is CC(=O)/C(=C(/C)N)c1ccc2c(-c3ccc(C(=O)O)c(C)c3)cn(C(c3ccccc3)c3ccccn3)c2c1. The number of rotatable bonds is 7. The average molecular weight is 516 g/mol. The third-order valence-electron chi connectivity index (χ3n) is 7.00. The van der Waals surface area contributed by atoms with E-state index in [1.54, 1.807) is 26.1 Å². The molecule has 0 spiro atoms. The number of carboxylic acids is 1. The molecule has 0 radical (unpaired) electrons. The van der Waals surface area contributed by atoms with Gasteiger partial charge in [-0.05, 0) is 67.3 Å². The molecule has 0 bridgehead atoms. The maximum atomic E-state index is 12.5. The van der Waals surface area contributed by atoms with E-state index in [4.69, 9.17) is 10.7 Å². The van der Waals surface area contributed by atoms with E-state index in [1.165, 1.54) is 6.92 Å². The molecule has 6 heteroatoms. The molecule has 2 aromatic heterocycles. The van der Waals surface area contributed by atoms with Crippen LogP contribution in [0, 0.1) is 6.92 Å². The molecule has 0 saturated heterocycles. The van der Waals surface area contributed by atoms with Gasteiger partial charge in [0.2, 0.25) is 0 Å². The van der Waals surface area contributed by atoms with Gasteiger partial charge in [-0.15, -0.1) is 0 Å². The van der Waals surface area contributed by atoms with E-state index in [1.807, 2.05) is 66.7 Å². The molecule has 5 aromatic rings. The summed E-state index contributed by atoms with van der Waals surface area (Å²) in [4.78, 5) is 28.9. The Balaban J connectivity index is 1.84. The van der Waals surface area contributed by atoms with E-state index >= 15 is 0 Å². The minimum absolute atomic E-state index is 0.100. The number of hydrogen-bond donors (Lipinski definition) is 2. The molecule has 39 heavy (non-hydrogen) atoms. The average Bonchev–Trinajstić information content (AvgIpc) is 3.28. The minimum Gasteiger partial charge on any atom is -0.478 e. The Kier molecular flexibility index (Phi) is 6.86. The second-order valence-electron chi connectivity index (χ2n) is 9.70. The Hall–Kier alpha value is -4.97. The van der Waals surface area contributed by atoms with Gasteiger partial charge in [0.15, 0.2) is 5.78 Å². The number of nitrogens with two attached hydrogens (primary N) is 1. The molecule has 0 fully saturated rings. The van der Waals surface area contributed by atoms with Crippen molar-refractivity contribution in [3.05, 3.63) is 131 Å². The van der Waals surface area contributed by atoms with Crippen molar-refractivity contribution in [3.8, 4) is 11.1 Å². The van der Waals surface area contributed by atoms with Crippen molar-refractivity contribution in [2.75, 3.05) is 0 Å². The van der Waals surface area contributed by atoms with Gasteiger partial charge < -0.3 is 15.4 Å². The lowest BCUT2D eigenvalue weighted by Gasteiger charge is -2.21. The van der Waals surface area contributed by atoms with Gasteiger partial charge >= 0.3 is 5.97 Å². The highest BCUT2D eigenvalue weighted by molar-refractivity contribution is 6.21. The number of carbonyl (C=O) groups excluding carboxylic acids is 1. The van der Waals surface area contributed by atoms with E-state index in [0.29, 0.717) is 16.8 Å². The largest absolute Gasteiger partial charge is 0.478 e. The third kappa shape index (κ3) is 4.84. The van der Waals surface area contributed by atoms with Crippen LogP contribution < -0.4 is 5.73 Å². The number of aromatic nitrogens is 2. The summed E-state index contributed by atoms with van der Waals surface area (Å²) in [5.41, 5.74) is 13.5. The second kappa shape index (κ2) is 10.4. The normalized spacial score (nSPS) is 12.7. The summed E-state index contributed by atoms with van der Waals surface area (Å²) < 4.78 is 2.18. The Labute approximate surface area is 227 Å². The summed E-state index contributed by atoms with van der Waals surface area (Å²) in [7, 11) is 0. The van der Waals surface area contributed by atoms with Crippen molar-refractivity contribution >= 4 is 28.2 Å². The third-order valence-corrected chi connectivity index (χ3v) is 7.00. The Bertz CT molecular complexity index is 1690. The van der Waals surface area contributed by atoms with Crippen LogP contribution in [0.15, 0.2) is 103 Å². The van der Waals surface area contributed by atoms with Gasteiger partial charge in [0.05, 0.1) is 16.8 Å². The van der Waals surface area contributed by atoms with Crippen molar-refractivity contribution in [1.82, 2.24) is 9.55 Å². The van der Waals surface area contributed by atoms with Crippen molar-refractivity contribution in [1.29, 1.82) is 0 Å². The molecule has 0 amide bonds. The highest BCUT2D eigenvalue weighted by Crippen LogP contribution is 2.38. The molecular weight excluding hydrogens is 486 g/mol. The number of ketones is 1. The summed E-state index contributed by atoms with van der Waals surface area (Å²) in [5.74, 6) is -1.05. The maximum Gasteiger partial charge on any atom is 0.335 e. The van der Waals surface area contributed by atoms with Gasteiger partial charge in [-0.3, -0.25) is 9.78 Å². The van der Waals surface area contributed by atoms with E-state index in [0.717, 1.165) is 38.9 Å². The number of pyridine rings is 1. The topological polar surface area (TPSA) is 98.2 Å². The minimum atomic E-state index is -0.953. The van der Waals surface area contributed by atoms with Crippen LogP contribution in [0.25, 0.3) is 27.6 Å². The summed E-state index contributed by atoms with van der Waals surface area (Å²) in [6.07, 6.45) is 3.87. The van der Waals surface area contributed by atoms with Crippen molar-refractivity contribution in [3.63, 3.8) is 0 Å². The smallest absolute Gasteiger partial charge is 0.335 e. The molecule has 6 nitrogen and oxygen atoms in total. The zero-order valence-corrected chi connectivity index (χ0v) is 22.1. The molecule has 1 atom stereocenters. The Morgan fingerprint density at radius 3 is 2.28 bits per heavy atom. The highest BCUT2D eigenvalue weighted by Gasteiger charge is 2.23. The van der Waals surface area contributed by atoms with Crippen LogP contribution >= 0.6 is 0 Å². The molecule has 0 saturated carbocycles. The molecule has 0 aliphatic heterocycles. The number of nitrogens with zero attached hydrogens (tertiary/aromatic N) is 2. The number of fused-ring (bicyclic) bond motifs is 1. The lowest BCUT2D eigenvalue weighted by atomic mass is 9.96. The first kappa shape index (κ1) is 25.7. The van der Waals surface area contributed by atoms with Gasteiger partial charge in [0.25, 0.3) is 0 Å². The zero-order valence-electron chi connectivity index (χ0n) is 22.1. The summed E-state index contributed by atoms with van der Waals surface area (Å²) in [6, 6.07) is 27.1. The predicted octanol–water partition coefficient (Wildman–Crippen LogP) is 6.63. The van der Waals surface area contributed by atoms with Crippen LogP contribution in [0.1, 0.15) is 52.6 Å². The summed E-state index contributed by atoms with van der Waals surface area (Å²) in [5, 5.41) is 10.5. The van der Waals surface area contributed by atoms with E-state index in [9.17, 15) is 14.7 Å². The lowest BCUT2D eigenvalue weighted by molar-refractivity contribution is -0.111. The van der Waals surface area contributed by atoms with Gasteiger partial charge in [0.1, 0.15) is 6.04 Å². The predicted molar refractivity (Wildman–Crippen MR) is 154 cm³/mol. The van der Waals surface area contributed by atoms with E-state index in [-0.39, 0.29) is 17.4 Å². The number of benzene rings is 3. The second-order valence-corrected chi connectivity index (χ2v) is 9.70. The first-order valence-corrected chi connectivity index (χ1v) is 12.7. The number of hydrogen-bond acceptors (Lipinski definition) is 4. The lowest BCUT2D eigenvalue weighted by Crippen LogP contribution is -2.13. The van der Waals surface area contributed by atoms with Crippen molar-refractivity contribution < 1.29 is 14.7 Å². The van der Waals surface area contributed by atoms with Crippen LogP contribution in [-0.2, 0) is 4.79 Å². The van der Waals surface area contributed by atoms with Crippen LogP contribution in [0.5, 0.6) is 0 Å². The molecule has 0 aliphatic carbocycles. The molecule has 194 valence electrons. The van der Waals surface area contributed by atoms with Crippen molar-refractivity contribution in [2.24, 2.45) is 5.73 Å². The maximum absolute atomic E-state index is 12.5. The first-order chi connectivity index (χ1) is 18.8. The number of allylic oxidation sites excluding steroid dienone is 2. The monoisotopic (exact) mass is 515 g/mol. The molecule has 5 rings (SSSR count).